The Labute approximate surface area is 123 Å². The number of para-hydroxylation sites is 1. The van der Waals surface area contributed by atoms with Crippen LogP contribution in [0.25, 0.3) is 17.1 Å². The highest BCUT2D eigenvalue weighted by Gasteiger charge is 2.15. The van der Waals surface area contributed by atoms with E-state index in [1.54, 1.807) is 4.68 Å². The van der Waals surface area contributed by atoms with E-state index in [0.717, 1.165) is 28.9 Å². The lowest BCUT2D eigenvalue weighted by Gasteiger charge is -2.11. The van der Waals surface area contributed by atoms with Crippen molar-refractivity contribution in [1.29, 1.82) is 0 Å². The van der Waals surface area contributed by atoms with Crippen LogP contribution in [-0.2, 0) is 6.42 Å². The predicted octanol–water partition coefficient (Wildman–Crippen LogP) is 2.78. The van der Waals surface area contributed by atoms with Crippen molar-refractivity contribution in [2.75, 3.05) is 5.73 Å². The molecule has 0 amide bonds. The van der Waals surface area contributed by atoms with Crippen LogP contribution >= 0.6 is 0 Å². The van der Waals surface area contributed by atoms with Gasteiger partial charge in [0.05, 0.1) is 5.69 Å². The zero-order chi connectivity index (χ0) is 14.8. The molecule has 0 bridgehead atoms. The number of aromatic nitrogens is 4. The number of hydrogen-bond donors (Lipinski definition) is 1. The second-order valence-electron chi connectivity index (χ2n) is 4.92. The summed E-state index contributed by atoms with van der Waals surface area (Å²) in [5.74, 6) is 0.709. The van der Waals surface area contributed by atoms with Crippen molar-refractivity contribution < 1.29 is 0 Å². The number of rotatable bonds is 3. The fraction of sp³-hybridized carbons (Fsp3) is 0.188. The molecule has 5 nitrogen and oxygen atoms in total. The normalized spacial score (nSPS) is 10.8. The number of nitrogen functional groups attached to an aromatic ring is 1. The minimum absolute atomic E-state index is 0.709. The number of anilines is 1. The van der Waals surface area contributed by atoms with Crippen LogP contribution in [0.3, 0.4) is 0 Å². The Morgan fingerprint density at radius 3 is 2.71 bits per heavy atom. The third kappa shape index (κ3) is 2.27. The van der Waals surface area contributed by atoms with Gasteiger partial charge < -0.3 is 5.73 Å². The van der Waals surface area contributed by atoms with Gasteiger partial charge in [0.1, 0.15) is 0 Å². The lowest BCUT2D eigenvalue weighted by molar-refractivity contribution is 0.783. The molecule has 3 aromatic rings. The van der Waals surface area contributed by atoms with E-state index in [1.165, 1.54) is 5.56 Å². The first-order chi connectivity index (χ1) is 10.2. The lowest BCUT2D eigenvalue weighted by Crippen LogP contribution is -2.04. The van der Waals surface area contributed by atoms with Gasteiger partial charge in [-0.25, -0.2) is 0 Å². The van der Waals surface area contributed by atoms with Gasteiger partial charge in [-0.2, -0.15) is 4.68 Å². The molecule has 5 heteroatoms. The summed E-state index contributed by atoms with van der Waals surface area (Å²) in [5.41, 5.74) is 10.9. The van der Waals surface area contributed by atoms with Gasteiger partial charge in [0.2, 0.25) is 0 Å². The third-order valence-corrected chi connectivity index (χ3v) is 3.69. The highest BCUT2D eigenvalue weighted by atomic mass is 15.5. The van der Waals surface area contributed by atoms with Gasteiger partial charge in [0.25, 0.3) is 0 Å². The van der Waals surface area contributed by atoms with Gasteiger partial charge in [-0.1, -0.05) is 37.3 Å². The van der Waals surface area contributed by atoms with Crippen molar-refractivity contribution in [1.82, 2.24) is 20.2 Å². The van der Waals surface area contributed by atoms with Gasteiger partial charge >= 0.3 is 0 Å². The highest BCUT2D eigenvalue weighted by molar-refractivity contribution is 5.69. The van der Waals surface area contributed by atoms with E-state index >= 15 is 0 Å². The number of hydrogen-bond acceptors (Lipinski definition) is 4. The Bertz CT molecular complexity index is 776. The quantitative estimate of drug-likeness (QED) is 0.748. The van der Waals surface area contributed by atoms with Gasteiger partial charge in [-0.15, -0.1) is 5.10 Å². The monoisotopic (exact) mass is 279 g/mol. The summed E-state index contributed by atoms with van der Waals surface area (Å²) < 4.78 is 1.78. The molecule has 3 rings (SSSR count). The molecule has 0 spiro atoms. The lowest BCUT2D eigenvalue weighted by atomic mass is 10.1. The number of tetrazole rings is 1. The zero-order valence-corrected chi connectivity index (χ0v) is 12.1. The number of benzene rings is 2. The molecule has 2 N–H and O–H groups in total. The molecule has 0 aliphatic rings. The van der Waals surface area contributed by atoms with Crippen molar-refractivity contribution in [2.24, 2.45) is 0 Å². The van der Waals surface area contributed by atoms with E-state index < -0.39 is 0 Å². The molecule has 0 unspecified atom stereocenters. The fourth-order valence-electron chi connectivity index (χ4n) is 2.43. The topological polar surface area (TPSA) is 69.6 Å². The SMILES string of the molecule is CCc1ccccc1-n1nnnc1-c1cccc(N)c1C. The second-order valence-corrected chi connectivity index (χ2v) is 4.92. The molecular formula is C16H17N5. The minimum Gasteiger partial charge on any atom is -0.398 e. The average Bonchev–Trinajstić information content (AvgIpc) is 2.99. The van der Waals surface area contributed by atoms with E-state index in [0.29, 0.717) is 5.82 Å². The first kappa shape index (κ1) is 13.3. The maximum atomic E-state index is 5.99. The fourth-order valence-corrected chi connectivity index (χ4v) is 2.43. The summed E-state index contributed by atoms with van der Waals surface area (Å²) in [5, 5.41) is 12.2. The van der Waals surface area contributed by atoms with Gasteiger partial charge in [0.15, 0.2) is 5.82 Å². The van der Waals surface area contributed by atoms with Crippen molar-refractivity contribution in [2.45, 2.75) is 20.3 Å². The van der Waals surface area contributed by atoms with Crippen LogP contribution in [-0.4, -0.2) is 20.2 Å². The molecule has 0 radical (unpaired) electrons. The molecule has 0 fully saturated rings. The Morgan fingerprint density at radius 1 is 1.10 bits per heavy atom. The van der Waals surface area contributed by atoms with Crippen LogP contribution in [0.4, 0.5) is 5.69 Å². The van der Waals surface area contributed by atoms with Crippen molar-refractivity contribution in [3.8, 4) is 17.1 Å². The number of nitrogens with two attached hydrogens (primary N) is 1. The highest BCUT2D eigenvalue weighted by Crippen LogP contribution is 2.27. The van der Waals surface area contributed by atoms with Gasteiger partial charge in [-0.3, -0.25) is 0 Å². The largest absolute Gasteiger partial charge is 0.398 e. The van der Waals surface area contributed by atoms with E-state index in [9.17, 15) is 0 Å². The molecule has 21 heavy (non-hydrogen) atoms. The Balaban J connectivity index is 2.20. The van der Waals surface area contributed by atoms with E-state index in [1.807, 2.05) is 43.3 Å². The van der Waals surface area contributed by atoms with E-state index in [2.05, 4.69) is 28.5 Å². The summed E-state index contributed by atoms with van der Waals surface area (Å²) in [6, 6.07) is 13.9. The molecule has 106 valence electrons. The second kappa shape index (κ2) is 5.36. The molecular weight excluding hydrogens is 262 g/mol. The van der Waals surface area contributed by atoms with Crippen LogP contribution in [0, 0.1) is 6.92 Å². The molecule has 0 aliphatic carbocycles. The molecule has 0 atom stereocenters. The molecule has 2 aromatic carbocycles. The average molecular weight is 279 g/mol. The zero-order valence-electron chi connectivity index (χ0n) is 12.1. The van der Waals surface area contributed by atoms with Crippen molar-refractivity contribution in [3.05, 3.63) is 53.6 Å². The van der Waals surface area contributed by atoms with Crippen LogP contribution in [0.5, 0.6) is 0 Å². The van der Waals surface area contributed by atoms with E-state index in [-0.39, 0.29) is 0 Å². The third-order valence-electron chi connectivity index (χ3n) is 3.69. The predicted molar refractivity (Wildman–Crippen MR) is 83.1 cm³/mol. The smallest absolute Gasteiger partial charge is 0.187 e. The van der Waals surface area contributed by atoms with Crippen LogP contribution in [0.1, 0.15) is 18.1 Å². The minimum atomic E-state index is 0.709. The maximum absolute atomic E-state index is 5.99. The van der Waals surface area contributed by atoms with Crippen molar-refractivity contribution >= 4 is 5.69 Å². The molecule has 0 saturated carbocycles. The first-order valence-corrected chi connectivity index (χ1v) is 6.94. The first-order valence-electron chi connectivity index (χ1n) is 6.94. The summed E-state index contributed by atoms with van der Waals surface area (Å²) in [7, 11) is 0. The standard InChI is InChI=1S/C16H17N5/c1-3-12-7-4-5-10-15(12)21-16(18-19-20-21)13-8-6-9-14(17)11(13)2/h4-10H,3,17H2,1-2H3. The molecule has 0 saturated heterocycles. The van der Waals surface area contributed by atoms with Crippen LogP contribution in [0.15, 0.2) is 42.5 Å². The van der Waals surface area contributed by atoms with E-state index in [4.69, 9.17) is 5.73 Å². The number of aryl methyl sites for hydroxylation is 1. The molecule has 1 aromatic heterocycles. The number of nitrogens with zero attached hydrogens (tertiary/aromatic N) is 4. The summed E-state index contributed by atoms with van der Waals surface area (Å²) in [6.07, 6.45) is 0.922. The molecule has 1 heterocycles. The van der Waals surface area contributed by atoms with Crippen molar-refractivity contribution in [3.63, 3.8) is 0 Å². The molecule has 0 aliphatic heterocycles. The summed E-state index contributed by atoms with van der Waals surface area (Å²) in [6.45, 7) is 4.10. The van der Waals surface area contributed by atoms with Crippen LogP contribution in [0.2, 0.25) is 0 Å². The van der Waals surface area contributed by atoms with Crippen LogP contribution < -0.4 is 5.73 Å². The Kier molecular flexibility index (Phi) is 3.39. The summed E-state index contributed by atoms with van der Waals surface area (Å²) >= 11 is 0. The Morgan fingerprint density at radius 2 is 1.90 bits per heavy atom. The maximum Gasteiger partial charge on any atom is 0.187 e. The Hall–Kier alpha value is -2.69. The van der Waals surface area contributed by atoms with Gasteiger partial charge in [0, 0.05) is 11.3 Å². The summed E-state index contributed by atoms with van der Waals surface area (Å²) in [4.78, 5) is 0. The van der Waals surface area contributed by atoms with Gasteiger partial charge in [-0.05, 0) is 47.0 Å².